The molecule has 2 bridgehead atoms. The normalized spacial score (nSPS) is 44.8. The van der Waals surface area contributed by atoms with Gasteiger partial charge in [-0.15, -0.1) is 0 Å². The van der Waals surface area contributed by atoms with Crippen LogP contribution in [-0.4, -0.2) is 60.5 Å². The van der Waals surface area contributed by atoms with Crippen molar-refractivity contribution in [1.82, 2.24) is 10.2 Å². The third-order valence-corrected chi connectivity index (χ3v) is 4.21. The van der Waals surface area contributed by atoms with Crippen LogP contribution in [-0.2, 0) is 4.74 Å². The van der Waals surface area contributed by atoms with Gasteiger partial charge in [-0.3, -0.25) is 4.90 Å². The maximum absolute atomic E-state index is 10.7. The summed E-state index contributed by atoms with van der Waals surface area (Å²) in [4.78, 5) is 2.36. The molecule has 0 radical (unpaired) electrons. The second-order valence-corrected chi connectivity index (χ2v) is 5.66. The Bertz CT molecular complexity index is 241. The van der Waals surface area contributed by atoms with Gasteiger partial charge in [0.05, 0.1) is 18.8 Å². The fourth-order valence-electron chi connectivity index (χ4n) is 3.53. The number of hydrogen-bond acceptors (Lipinski definition) is 4. The third kappa shape index (κ3) is 2.25. The molecule has 0 aliphatic carbocycles. The summed E-state index contributed by atoms with van der Waals surface area (Å²) >= 11 is 0. The molecule has 0 aromatic carbocycles. The van der Waals surface area contributed by atoms with Gasteiger partial charge in [-0.1, -0.05) is 0 Å². The molecule has 3 aliphatic heterocycles. The molecule has 3 aliphatic rings. The molecule has 16 heavy (non-hydrogen) atoms. The lowest BCUT2D eigenvalue weighted by Gasteiger charge is -2.41. The van der Waals surface area contributed by atoms with Crippen LogP contribution in [0.4, 0.5) is 0 Å². The Balaban J connectivity index is 1.60. The van der Waals surface area contributed by atoms with Crippen LogP contribution >= 0.6 is 0 Å². The summed E-state index contributed by atoms with van der Waals surface area (Å²) < 4.78 is 5.34. The Hall–Kier alpha value is -0.160. The first kappa shape index (κ1) is 11.0. The van der Waals surface area contributed by atoms with Crippen LogP contribution in [0.1, 0.15) is 25.7 Å². The Morgan fingerprint density at radius 3 is 2.44 bits per heavy atom. The number of morpholine rings is 1. The van der Waals surface area contributed by atoms with Crippen molar-refractivity contribution in [3.8, 4) is 0 Å². The zero-order valence-corrected chi connectivity index (χ0v) is 9.82. The number of piperidine rings is 1. The first-order chi connectivity index (χ1) is 7.73. The SMILES string of the molecule is O[C@@]1(CN2CCOCC2)C[C@H]2CC[C@@H](C1)N2. The van der Waals surface area contributed by atoms with Crippen molar-refractivity contribution in [1.29, 1.82) is 0 Å². The fraction of sp³-hybridized carbons (Fsp3) is 1.00. The van der Waals surface area contributed by atoms with Gasteiger partial charge < -0.3 is 15.2 Å². The van der Waals surface area contributed by atoms with Gasteiger partial charge in [0, 0.05) is 31.7 Å². The van der Waals surface area contributed by atoms with Gasteiger partial charge in [0.1, 0.15) is 0 Å². The highest BCUT2D eigenvalue weighted by Gasteiger charge is 2.43. The van der Waals surface area contributed by atoms with Crippen LogP contribution in [0.5, 0.6) is 0 Å². The maximum atomic E-state index is 10.7. The number of fused-ring (bicyclic) bond motifs is 2. The van der Waals surface area contributed by atoms with Gasteiger partial charge in [-0.05, 0) is 25.7 Å². The molecule has 0 unspecified atom stereocenters. The lowest BCUT2D eigenvalue weighted by atomic mass is 9.87. The maximum Gasteiger partial charge on any atom is 0.0803 e. The average Bonchev–Trinajstić information content (AvgIpc) is 2.59. The summed E-state index contributed by atoms with van der Waals surface area (Å²) in [6.07, 6.45) is 4.36. The van der Waals surface area contributed by atoms with Gasteiger partial charge in [-0.25, -0.2) is 0 Å². The average molecular weight is 226 g/mol. The van der Waals surface area contributed by atoms with Crippen LogP contribution in [0.3, 0.4) is 0 Å². The van der Waals surface area contributed by atoms with E-state index in [9.17, 15) is 5.11 Å². The van der Waals surface area contributed by atoms with E-state index in [1.54, 1.807) is 0 Å². The molecule has 3 saturated heterocycles. The molecule has 4 nitrogen and oxygen atoms in total. The van der Waals surface area contributed by atoms with Crippen molar-refractivity contribution in [3.63, 3.8) is 0 Å². The molecule has 3 heterocycles. The summed E-state index contributed by atoms with van der Waals surface area (Å²) in [6, 6.07) is 1.12. The van der Waals surface area contributed by atoms with Gasteiger partial charge in [0.2, 0.25) is 0 Å². The van der Waals surface area contributed by atoms with Crippen molar-refractivity contribution in [2.75, 3.05) is 32.8 Å². The quantitative estimate of drug-likeness (QED) is 0.694. The van der Waals surface area contributed by atoms with Crippen molar-refractivity contribution < 1.29 is 9.84 Å². The molecule has 0 aromatic heterocycles. The molecule has 3 rings (SSSR count). The molecule has 0 spiro atoms. The van der Waals surface area contributed by atoms with Crippen LogP contribution in [0.15, 0.2) is 0 Å². The first-order valence-corrected chi connectivity index (χ1v) is 6.52. The molecule has 0 saturated carbocycles. The van der Waals surface area contributed by atoms with E-state index in [2.05, 4.69) is 10.2 Å². The van der Waals surface area contributed by atoms with E-state index in [1.165, 1.54) is 12.8 Å². The van der Waals surface area contributed by atoms with Crippen molar-refractivity contribution >= 4 is 0 Å². The van der Waals surface area contributed by atoms with Crippen molar-refractivity contribution in [3.05, 3.63) is 0 Å². The van der Waals surface area contributed by atoms with Crippen LogP contribution in [0, 0.1) is 0 Å². The van der Waals surface area contributed by atoms with Gasteiger partial charge in [0.25, 0.3) is 0 Å². The van der Waals surface area contributed by atoms with Gasteiger partial charge >= 0.3 is 0 Å². The van der Waals surface area contributed by atoms with Crippen LogP contribution < -0.4 is 5.32 Å². The predicted molar refractivity (Wildman–Crippen MR) is 61.4 cm³/mol. The number of nitrogens with zero attached hydrogens (tertiary/aromatic N) is 1. The molecular formula is C12H22N2O2. The lowest BCUT2D eigenvalue weighted by molar-refractivity contribution is -0.0565. The van der Waals surface area contributed by atoms with E-state index in [4.69, 9.17) is 4.74 Å². The Kier molecular flexibility index (Phi) is 2.92. The summed E-state index contributed by atoms with van der Waals surface area (Å²) in [5, 5.41) is 14.3. The molecule has 92 valence electrons. The minimum absolute atomic E-state index is 0.450. The first-order valence-electron chi connectivity index (χ1n) is 6.52. The van der Waals surface area contributed by atoms with E-state index in [0.29, 0.717) is 12.1 Å². The zero-order valence-electron chi connectivity index (χ0n) is 9.82. The molecule has 0 aromatic rings. The number of aliphatic hydroxyl groups is 1. The monoisotopic (exact) mass is 226 g/mol. The predicted octanol–water partition coefficient (Wildman–Crippen LogP) is -0.0359. The molecule has 4 heteroatoms. The highest BCUT2D eigenvalue weighted by atomic mass is 16.5. The van der Waals surface area contributed by atoms with E-state index in [1.807, 2.05) is 0 Å². The smallest absolute Gasteiger partial charge is 0.0803 e. The number of ether oxygens (including phenoxy) is 1. The van der Waals surface area contributed by atoms with E-state index < -0.39 is 5.60 Å². The molecule has 0 amide bonds. The standard InChI is InChI=1S/C12H22N2O2/c15-12(9-14-3-5-16-6-4-14)7-10-1-2-11(8-12)13-10/h10-11,13,15H,1-9H2/t10-,11+,12+. The van der Waals surface area contributed by atoms with Gasteiger partial charge in [0.15, 0.2) is 0 Å². The molecule has 2 N–H and O–H groups in total. The third-order valence-electron chi connectivity index (χ3n) is 4.21. The second kappa shape index (κ2) is 4.26. The zero-order chi connectivity index (χ0) is 11.0. The van der Waals surface area contributed by atoms with E-state index in [0.717, 1.165) is 45.7 Å². The fourth-order valence-corrected chi connectivity index (χ4v) is 3.53. The summed E-state index contributed by atoms with van der Waals surface area (Å²) in [5.41, 5.74) is -0.450. The van der Waals surface area contributed by atoms with Crippen LogP contribution in [0.25, 0.3) is 0 Å². The number of hydrogen-bond donors (Lipinski definition) is 2. The Morgan fingerprint density at radius 2 is 1.81 bits per heavy atom. The second-order valence-electron chi connectivity index (χ2n) is 5.66. The van der Waals surface area contributed by atoms with E-state index in [-0.39, 0.29) is 0 Å². The number of β-amino-alcohol motifs (C(OH)–C–C–N with tert-alkyl or cyclic N) is 1. The summed E-state index contributed by atoms with van der Waals surface area (Å²) in [6.45, 7) is 4.43. The van der Waals surface area contributed by atoms with Crippen molar-refractivity contribution in [2.45, 2.75) is 43.4 Å². The Labute approximate surface area is 97.0 Å². The van der Waals surface area contributed by atoms with Crippen LogP contribution in [0.2, 0.25) is 0 Å². The highest BCUT2D eigenvalue weighted by molar-refractivity contribution is 5.01. The Morgan fingerprint density at radius 1 is 1.19 bits per heavy atom. The minimum atomic E-state index is -0.450. The number of rotatable bonds is 2. The van der Waals surface area contributed by atoms with Crippen molar-refractivity contribution in [2.24, 2.45) is 0 Å². The number of nitrogens with one attached hydrogen (secondary N) is 1. The van der Waals surface area contributed by atoms with Gasteiger partial charge in [-0.2, -0.15) is 0 Å². The van der Waals surface area contributed by atoms with E-state index >= 15 is 0 Å². The minimum Gasteiger partial charge on any atom is -0.388 e. The lowest BCUT2D eigenvalue weighted by Crippen LogP contribution is -2.55. The largest absolute Gasteiger partial charge is 0.388 e. The topological polar surface area (TPSA) is 44.7 Å². The highest BCUT2D eigenvalue weighted by Crippen LogP contribution is 2.34. The molecular weight excluding hydrogens is 204 g/mol. The summed E-state index contributed by atoms with van der Waals surface area (Å²) in [7, 11) is 0. The summed E-state index contributed by atoms with van der Waals surface area (Å²) in [5.74, 6) is 0. The molecule has 3 fully saturated rings. The molecule has 3 atom stereocenters.